The Kier molecular flexibility index (Phi) is 6.01. The molecule has 0 fully saturated rings. The molecular formula is C23H24F3N3O. The van der Waals surface area contributed by atoms with Crippen molar-refractivity contribution in [3.63, 3.8) is 0 Å². The lowest BCUT2D eigenvalue weighted by Crippen LogP contribution is -2.23. The number of benzene rings is 2. The molecule has 4 nitrogen and oxygen atoms in total. The van der Waals surface area contributed by atoms with Crippen molar-refractivity contribution in [3.05, 3.63) is 77.5 Å². The van der Waals surface area contributed by atoms with Crippen LogP contribution in [0.3, 0.4) is 0 Å². The Labute approximate surface area is 174 Å². The molecule has 0 aliphatic rings. The third-order valence-electron chi connectivity index (χ3n) is 4.65. The summed E-state index contributed by atoms with van der Waals surface area (Å²) in [6, 6.07) is 16.6. The van der Waals surface area contributed by atoms with E-state index in [2.05, 4.69) is 9.97 Å². The number of aromatic nitrogens is 2. The summed E-state index contributed by atoms with van der Waals surface area (Å²) in [6.45, 7) is 6.20. The van der Waals surface area contributed by atoms with Crippen molar-refractivity contribution in [3.8, 4) is 6.01 Å². The van der Waals surface area contributed by atoms with Crippen molar-refractivity contribution in [1.29, 1.82) is 0 Å². The predicted molar refractivity (Wildman–Crippen MR) is 111 cm³/mol. The standard InChI is InChI=1S/C23H24F3N3O/c1-22(2,3)17-12-8-9-13-19(17)29(4)20-18(23(24,25)26)14-27-21(28-20)30-15-16-10-6-5-7-11-16/h5-14H,15H2,1-4H3. The lowest BCUT2D eigenvalue weighted by atomic mass is 9.85. The molecule has 158 valence electrons. The van der Waals surface area contributed by atoms with E-state index in [0.717, 1.165) is 17.3 Å². The number of hydrogen-bond donors (Lipinski definition) is 0. The molecule has 0 radical (unpaired) electrons. The molecule has 0 amide bonds. The molecular weight excluding hydrogens is 391 g/mol. The van der Waals surface area contributed by atoms with E-state index in [1.807, 2.05) is 63.2 Å². The van der Waals surface area contributed by atoms with Gasteiger partial charge < -0.3 is 9.64 Å². The second-order valence-electron chi connectivity index (χ2n) is 7.99. The smallest absolute Gasteiger partial charge is 0.421 e. The van der Waals surface area contributed by atoms with Crippen molar-refractivity contribution >= 4 is 11.5 Å². The van der Waals surface area contributed by atoms with E-state index in [1.54, 1.807) is 19.2 Å². The van der Waals surface area contributed by atoms with Gasteiger partial charge in [0.15, 0.2) is 5.82 Å². The minimum atomic E-state index is -4.60. The van der Waals surface area contributed by atoms with Crippen LogP contribution in [0.2, 0.25) is 0 Å². The van der Waals surface area contributed by atoms with E-state index in [1.165, 1.54) is 4.90 Å². The van der Waals surface area contributed by atoms with E-state index in [0.29, 0.717) is 5.69 Å². The second-order valence-corrected chi connectivity index (χ2v) is 7.99. The number of anilines is 2. The van der Waals surface area contributed by atoms with Gasteiger partial charge in [-0.15, -0.1) is 0 Å². The second kappa shape index (κ2) is 8.34. The summed E-state index contributed by atoms with van der Waals surface area (Å²) in [6.07, 6.45) is -3.82. The van der Waals surface area contributed by atoms with Crippen molar-refractivity contribution in [2.45, 2.75) is 39.0 Å². The minimum absolute atomic E-state index is 0.109. The molecule has 0 spiro atoms. The lowest BCUT2D eigenvalue weighted by Gasteiger charge is -2.29. The Hall–Kier alpha value is -3.09. The molecule has 3 aromatic rings. The number of ether oxygens (including phenoxy) is 1. The Balaban J connectivity index is 2.01. The van der Waals surface area contributed by atoms with Crippen LogP contribution in [0.25, 0.3) is 0 Å². The van der Waals surface area contributed by atoms with Crippen LogP contribution in [0.5, 0.6) is 6.01 Å². The van der Waals surface area contributed by atoms with Crippen molar-refractivity contribution in [1.82, 2.24) is 9.97 Å². The van der Waals surface area contributed by atoms with Crippen LogP contribution in [0, 0.1) is 0 Å². The maximum atomic E-state index is 13.7. The zero-order valence-electron chi connectivity index (χ0n) is 17.4. The third kappa shape index (κ3) is 4.90. The van der Waals surface area contributed by atoms with E-state index in [9.17, 15) is 13.2 Å². The van der Waals surface area contributed by atoms with Crippen LogP contribution < -0.4 is 9.64 Å². The van der Waals surface area contributed by atoms with Gasteiger partial charge in [0.05, 0.1) is 0 Å². The zero-order valence-corrected chi connectivity index (χ0v) is 17.4. The Bertz CT molecular complexity index is 999. The molecule has 0 aliphatic heterocycles. The highest BCUT2D eigenvalue weighted by Crippen LogP contribution is 2.40. The fourth-order valence-corrected chi connectivity index (χ4v) is 3.12. The van der Waals surface area contributed by atoms with Gasteiger partial charge in [0.2, 0.25) is 0 Å². The summed E-state index contributed by atoms with van der Waals surface area (Å²) < 4.78 is 46.6. The fraction of sp³-hybridized carbons (Fsp3) is 0.304. The van der Waals surface area contributed by atoms with Crippen LogP contribution in [0.1, 0.15) is 37.5 Å². The highest BCUT2D eigenvalue weighted by Gasteiger charge is 2.37. The van der Waals surface area contributed by atoms with Crippen molar-refractivity contribution < 1.29 is 17.9 Å². The molecule has 1 heterocycles. The summed E-state index contributed by atoms with van der Waals surface area (Å²) in [5.41, 5.74) is 1.24. The Morgan fingerprint density at radius 3 is 2.17 bits per heavy atom. The normalized spacial score (nSPS) is 12.0. The quantitative estimate of drug-likeness (QED) is 0.502. The molecule has 0 bridgehead atoms. The first-order chi connectivity index (χ1) is 14.1. The molecule has 0 unspecified atom stereocenters. The zero-order chi connectivity index (χ0) is 21.9. The number of hydrogen-bond acceptors (Lipinski definition) is 4. The third-order valence-corrected chi connectivity index (χ3v) is 4.65. The highest BCUT2D eigenvalue weighted by atomic mass is 19.4. The predicted octanol–water partition coefficient (Wildman–Crippen LogP) is 6.14. The number of para-hydroxylation sites is 1. The molecule has 0 N–H and O–H groups in total. The largest absolute Gasteiger partial charge is 0.459 e. The van der Waals surface area contributed by atoms with E-state index < -0.39 is 11.7 Å². The maximum Gasteiger partial charge on any atom is 0.421 e. The SMILES string of the molecule is CN(c1ccccc1C(C)(C)C)c1nc(OCc2ccccc2)ncc1C(F)(F)F. The summed E-state index contributed by atoms with van der Waals surface area (Å²) in [5.74, 6) is -0.253. The first-order valence-electron chi connectivity index (χ1n) is 9.51. The lowest BCUT2D eigenvalue weighted by molar-refractivity contribution is -0.137. The summed E-state index contributed by atoms with van der Waals surface area (Å²) in [7, 11) is 1.57. The van der Waals surface area contributed by atoms with Gasteiger partial charge in [0.25, 0.3) is 0 Å². The molecule has 0 saturated carbocycles. The number of alkyl halides is 3. The van der Waals surface area contributed by atoms with Gasteiger partial charge in [-0.3, -0.25) is 0 Å². The molecule has 0 saturated heterocycles. The Morgan fingerprint density at radius 1 is 0.900 bits per heavy atom. The van der Waals surface area contributed by atoms with Crippen LogP contribution in [-0.4, -0.2) is 17.0 Å². The molecule has 0 atom stereocenters. The Morgan fingerprint density at radius 2 is 1.53 bits per heavy atom. The van der Waals surface area contributed by atoms with Gasteiger partial charge in [-0.1, -0.05) is 69.3 Å². The number of rotatable bonds is 5. The van der Waals surface area contributed by atoms with Gasteiger partial charge >= 0.3 is 12.2 Å². The number of nitrogens with zero attached hydrogens (tertiary/aromatic N) is 3. The van der Waals surface area contributed by atoms with Crippen LogP contribution in [-0.2, 0) is 18.2 Å². The van der Waals surface area contributed by atoms with E-state index in [4.69, 9.17) is 4.74 Å². The highest BCUT2D eigenvalue weighted by molar-refractivity contribution is 5.67. The van der Waals surface area contributed by atoms with Gasteiger partial charge in [0.1, 0.15) is 12.2 Å². The summed E-state index contributed by atoms with van der Waals surface area (Å²) >= 11 is 0. The molecule has 2 aromatic carbocycles. The monoisotopic (exact) mass is 415 g/mol. The van der Waals surface area contributed by atoms with Crippen molar-refractivity contribution in [2.75, 3.05) is 11.9 Å². The first kappa shape index (κ1) is 21.6. The van der Waals surface area contributed by atoms with Gasteiger partial charge in [-0.05, 0) is 22.6 Å². The van der Waals surface area contributed by atoms with E-state index in [-0.39, 0.29) is 23.9 Å². The fourth-order valence-electron chi connectivity index (χ4n) is 3.12. The number of halogens is 3. The topological polar surface area (TPSA) is 38.2 Å². The molecule has 1 aromatic heterocycles. The first-order valence-corrected chi connectivity index (χ1v) is 9.51. The van der Waals surface area contributed by atoms with Gasteiger partial charge in [0, 0.05) is 18.9 Å². The molecule has 3 rings (SSSR count). The van der Waals surface area contributed by atoms with Crippen LogP contribution >= 0.6 is 0 Å². The molecule has 7 heteroatoms. The van der Waals surface area contributed by atoms with Crippen molar-refractivity contribution in [2.24, 2.45) is 0 Å². The maximum absolute atomic E-state index is 13.7. The summed E-state index contributed by atoms with van der Waals surface area (Å²) in [5, 5.41) is 0. The average Bonchev–Trinajstić information content (AvgIpc) is 2.71. The van der Waals surface area contributed by atoms with Gasteiger partial charge in [-0.2, -0.15) is 18.2 Å². The average molecular weight is 415 g/mol. The van der Waals surface area contributed by atoms with E-state index >= 15 is 0 Å². The minimum Gasteiger partial charge on any atom is -0.459 e. The van der Waals surface area contributed by atoms with Gasteiger partial charge in [-0.25, -0.2) is 4.98 Å². The van der Waals surface area contributed by atoms with Crippen LogP contribution in [0.15, 0.2) is 60.8 Å². The van der Waals surface area contributed by atoms with Crippen LogP contribution in [0.4, 0.5) is 24.7 Å². The molecule has 30 heavy (non-hydrogen) atoms. The molecule has 0 aliphatic carbocycles. The summed E-state index contributed by atoms with van der Waals surface area (Å²) in [4.78, 5) is 9.36.